The van der Waals surface area contributed by atoms with Gasteiger partial charge in [-0.1, -0.05) is 34.6 Å². The Morgan fingerprint density at radius 1 is 1.08 bits per heavy atom. The third kappa shape index (κ3) is 22.4. The summed E-state index contributed by atoms with van der Waals surface area (Å²) in [7, 11) is 0. The fourth-order valence-corrected chi connectivity index (χ4v) is 1.42. The fourth-order valence-electron chi connectivity index (χ4n) is 0.917. The Balaban J connectivity index is 0. The minimum atomic E-state index is 0.625. The summed E-state index contributed by atoms with van der Waals surface area (Å²) in [5.74, 6) is 0. The predicted molar refractivity (Wildman–Crippen MR) is 58.9 cm³/mol. The molecule has 69 valence electrons. The molecule has 0 saturated carbocycles. The molecule has 0 aromatic rings. The summed E-state index contributed by atoms with van der Waals surface area (Å²) in [4.78, 5) is 0. The van der Waals surface area contributed by atoms with Gasteiger partial charge in [-0.3, -0.25) is 0 Å². The highest BCUT2D eigenvalue weighted by Crippen LogP contribution is 1.86. The standard InChI is InChI=1S/C6H15N.C4H9.Mg/c1-5(2)7-6(3)4;1-3-4-2;/h5-7H,1-4H3;1,3-4H2,2H3;/q;;+2. The number of unbranched alkanes of at least 4 members (excludes halogenated alkanes) is 1. The van der Waals surface area contributed by atoms with Gasteiger partial charge in [0.15, 0.2) is 0 Å². The van der Waals surface area contributed by atoms with Crippen molar-refractivity contribution in [3.8, 4) is 0 Å². The van der Waals surface area contributed by atoms with Crippen LogP contribution in [0.5, 0.6) is 0 Å². The minimum absolute atomic E-state index is 0.625. The van der Waals surface area contributed by atoms with Crippen molar-refractivity contribution in [1.82, 2.24) is 5.32 Å². The second-order valence-electron chi connectivity index (χ2n) is 3.68. The SMILES string of the molecule is CC(C)NC(C)C.CCC[CH2][Mg+2]. The van der Waals surface area contributed by atoms with Crippen molar-refractivity contribution in [1.29, 1.82) is 0 Å². The van der Waals surface area contributed by atoms with Crippen LogP contribution in [0.25, 0.3) is 0 Å². The van der Waals surface area contributed by atoms with Crippen molar-refractivity contribution < 1.29 is 0 Å². The Labute approximate surface area is 91.1 Å². The molecule has 0 atom stereocenters. The summed E-state index contributed by atoms with van der Waals surface area (Å²) in [5.41, 5.74) is 0. The van der Waals surface area contributed by atoms with Crippen molar-refractivity contribution in [2.75, 3.05) is 0 Å². The predicted octanol–water partition coefficient (Wildman–Crippen LogP) is 2.77. The second-order valence-corrected chi connectivity index (χ2v) is 4.39. The summed E-state index contributed by atoms with van der Waals surface area (Å²) >= 11 is 2.05. The molecule has 0 aliphatic rings. The molecule has 0 aliphatic carbocycles. The molecule has 0 bridgehead atoms. The van der Waals surface area contributed by atoms with Crippen LogP contribution in [0.15, 0.2) is 0 Å². The molecule has 0 saturated heterocycles. The van der Waals surface area contributed by atoms with E-state index in [4.69, 9.17) is 0 Å². The van der Waals surface area contributed by atoms with E-state index >= 15 is 0 Å². The summed E-state index contributed by atoms with van der Waals surface area (Å²) in [5, 5.41) is 3.31. The molecule has 0 heterocycles. The van der Waals surface area contributed by atoms with E-state index in [0.29, 0.717) is 12.1 Å². The first kappa shape index (κ1) is 15.2. The summed E-state index contributed by atoms with van der Waals surface area (Å²) in [6.07, 6.45) is 2.75. The third-order valence-corrected chi connectivity index (χ3v) is 1.77. The average Bonchev–Trinajstić information content (AvgIpc) is 1.87. The van der Waals surface area contributed by atoms with Crippen LogP contribution < -0.4 is 5.32 Å². The number of hydrogen-bond donors (Lipinski definition) is 1. The zero-order chi connectivity index (χ0) is 9.98. The lowest BCUT2D eigenvalue weighted by atomic mass is 10.3. The van der Waals surface area contributed by atoms with Crippen LogP contribution in [0, 0.1) is 0 Å². The molecule has 0 spiro atoms. The first-order chi connectivity index (χ1) is 5.54. The number of nitrogens with one attached hydrogen (secondary N) is 1. The molecule has 0 aromatic heterocycles. The van der Waals surface area contributed by atoms with Crippen LogP contribution in [0.3, 0.4) is 0 Å². The van der Waals surface area contributed by atoms with Gasteiger partial charge in [0.05, 0.1) is 0 Å². The number of hydrogen-bond acceptors (Lipinski definition) is 1. The maximum absolute atomic E-state index is 3.31. The zero-order valence-electron chi connectivity index (χ0n) is 9.48. The van der Waals surface area contributed by atoms with E-state index in [2.05, 4.69) is 39.9 Å². The summed E-state index contributed by atoms with van der Waals surface area (Å²) in [6.45, 7) is 10.8. The summed E-state index contributed by atoms with van der Waals surface area (Å²) < 4.78 is 1.37. The molecule has 0 aromatic carbocycles. The van der Waals surface area contributed by atoms with Gasteiger partial charge in [0, 0.05) is 18.5 Å². The highest BCUT2D eigenvalue weighted by molar-refractivity contribution is 6.08. The maximum Gasteiger partial charge on any atom is 1.41 e. The molecule has 2 heteroatoms. The molecule has 1 N–H and O–H groups in total. The van der Waals surface area contributed by atoms with Gasteiger partial charge in [-0.25, -0.2) is 0 Å². The lowest BCUT2D eigenvalue weighted by molar-refractivity contribution is 0.518. The molecule has 0 rings (SSSR count). The normalized spacial score (nSPS) is 10.0. The highest BCUT2D eigenvalue weighted by Gasteiger charge is 2.19. The first-order valence-corrected chi connectivity index (χ1v) is 6.09. The Kier molecular flexibility index (Phi) is 14.9. The minimum Gasteiger partial charge on any atom is -0.312 e. The average molecular weight is 183 g/mol. The van der Waals surface area contributed by atoms with Crippen molar-refractivity contribution in [2.24, 2.45) is 0 Å². The van der Waals surface area contributed by atoms with Gasteiger partial charge in [-0.05, 0) is 6.42 Å². The molecule has 12 heavy (non-hydrogen) atoms. The monoisotopic (exact) mass is 182 g/mol. The van der Waals surface area contributed by atoms with Crippen LogP contribution in [0.1, 0.15) is 47.5 Å². The fraction of sp³-hybridized carbons (Fsp3) is 1.00. The zero-order valence-corrected chi connectivity index (χ0v) is 10.9. The van der Waals surface area contributed by atoms with Crippen LogP contribution in [0.4, 0.5) is 0 Å². The van der Waals surface area contributed by atoms with E-state index in [1.54, 1.807) is 0 Å². The van der Waals surface area contributed by atoms with E-state index in [9.17, 15) is 0 Å². The molecule has 0 unspecified atom stereocenters. The largest absolute Gasteiger partial charge is 1.41 e. The Bertz CT molecular complexity index is 64.2. The maximum atomic E-state index is 3.31. The molecule has 1 nitrogen and oxygen atoms in total. The van der Waals surface area contributed by atoms with Crippen molar-refractivity contribution in [2.45, 2.75) is 64.1 Å². The molecule has 0 fully saturated rings. The molecular weight excluding hydrogens is 158 g/mol. The molecular formula is C10H24MgN+2. The lowest BCUT2D eigenvalue weighted by Crippen LogP contribution is -2.29. The van der Waals surface area contributed by atoms with Gasteiger partial charge in [0.25, 0.3) is 4.55 Å². The number of rotatable bonds is 4. The van der Waals surface area contributed by atoms with Crippen LogP contribution >= 0.6 is 0 Å². The van der Waals surface area contributed by atoms with Crippen LogP contribution in [0.2, 0.25) is 4.55 Å². The van der Waals surface area contributed by atoms with E-state index in [1.165, 1.54) is 17.4 Å². The Hall–Kier alpha value is 0.726. The topological polar surface area (TPSA) is 12.0 Å². The molecule has 0 amide bonds. The van der Waals surface area contributed by atoms with Gasteiger partial charge < -0.3 is 5.32 Å². The smallest absolute Gasteiger partial charge is 0.312 e. The van der Waals surface area contributed by atoms with E-state index in [-0.39, 0.29) is 0 Å². The van der Waals surface area contributed by atoms with Crippen molar-refractivity contribution in [3.05, 3.63) is 0 Å². The van der Waals surface area contributed by atoms with Gasteiger partial charge in [-0.2, -0.15) is 0 Å². The van der Waals surface area contributed by atoms with Crippen LogP contribution in [-0.4, -0.2) is 33.8 Å². The second kappa shape index (κ2) is 11.7. The molecule has 0 aliphatic heterocycles. The van der Waals surface area contributed by atoms with Gasteiger partial charge >= 0.3 is 21.7 Å². The van der Waals surface area contributed by atoms with Crippen LogP contribution in [-0.2, 0) is 0 Å². The lowest BCUT2D eigenvalue weighted by Gasteiger charge is -2.10. The quantitative estimate of drug-likeness (QED) is 0.660. The van der Waals surface area contributed by atoms with E-state index in [0.717, 1.165) is 0 Å². The van der Waals surface area contributed by atoms with Crippen molar-refractivity contribution in [3.63, 3.8) is 0 Å². The third-order valence-electron chi connectivity index (χ3n) is 1.27. The summed E-state index contributed by atoms with van der Waals surface area (Å²) in [6, 6.07) is 1.25. The van der Waals surface area contributed by atoms with Gasteiger partial charge in [0.2, 0.25) is 0 Å². The Morgan fingerprint density at radius 2 is 1.50 bits per heavy atom. The van der Waals surface area contributed by atoms with E-state index < -0.39 is 0 Å². The molecule has 7 radical (unpaired) electrons. The van der Waals surface area contributed by atoms with Gasteiger partial charge in [-0.15, -0.1) is 0 Å². The Morgan fingerprint density at radius 3 is 1.50 bits per heavy atom. The van der Waals surface area contributed by atoms with Crippen molar-refractivity contribution >= 4 is 21.7 Å². The van der Waals surface area contributed by atoms with Gasteiger partial charge in [0.1, 0.15) is 0 Å². The first-order valence-electron chi connectivity index (χ1n) is 5.09. The van der Waals surface area contributed by atoms with E-state index in [1.807, 2.05) is 21.7 Å². The highest BCUT2D eigenvalue weighted by atomic mass is 24.4.